The Hall–Kier alpha value is -9.68. The molecule has 36 heteroatoms. The summed E-state index contributed by atoms with van der Waals surface area (Å²) in [6.45, 7) is 3.63. The van der Waals surface area contributed by atoms with Crippen LogP contribution in [0.4, 0.5) is 0 Å². The van der Waals surface area contributed by atoms with Crippen LogP contribution in [0.2, 0.25) is 0 Å². The summed E-state index contributed by atoms with van der Waals surface area (Å²) in [7, 11) is 8.02. The van der Waals surface area contributed by atoms with Crippen LogP contribution in [0.1, 0.15) is 54.1 Å². The first-order chi connectivity index (χ1) is 41.4. The van der Waals surface area contributed by atoms with Crippen molar-refractivity contribution in [2.45, 2.75) is 58.8 Å². The molecule has 12 heterocycles. The normalized spacial score (nSPS) is 12.5. The SMILES string of the molecule is [3H]c1csc(OCc2[nH]ccc2-n2nnn(C)c2=O)n1.[3H]c1csc(OCc2c(-n3nnn(C)c3=O)ccn2C)n1.[3H]c1csc(OCc2c(-n3nnn(C)c3=O)ccn2C2CC2)n1.[3H]c1csc(OCc2c(-n3nnn(C)c3=O)ccn2CC)n1. The Balaban J connectivity index is 0.000000127. The topological polar surface area (TPSA) is 330 Å². The van der Waals surface area contributed by atoms with Crippen LogP contribution in [0.3, 0.4) is 0 Å². The highest BCUT2D eigenvalue weighted by atomic mass is 32.1. The zero-order valence-electron chi connectivity index (χ0n) is 48.1. The Morgan fingerprint density at radius 3 is 1.30 bits per heavy atom. The Labute approximate surface area is 483 Å². The maximum absolute atomic E-state index is 12.1. The van der Waals surface area contributed by atoms with Crippen LogP contribution in [-0.2, 0) is 68.2 Å². The van der Waals surface area contributed by atoms with E-state index in [1.165, 1.54) is 87.5 Å². The summed E-state index contributed by atoms with van der Waals surface area (Å²) in [5.74, 6) is 0. The summed E-state index contributed by atoms with van der Waals surface area (Å²) in [5, 5.41) is 38.3. The maximum atomic E-state index is 12.1. The molecule has 1 saturated carbocycles. The highest BCUT2D eigenvalue weighted by molar-refractivity contribution is 7.12. The van der Waals surface area contributed by atoms with Crippen LogP contribution in [-0.4, -0.2) is 118 Å². The molecule has 1 aliphatic rings. The van der Waals surface area contributed by atoms with Crippen LogP contribution in [0.5, 0.6) is 20.8 Å². The summed E-state index contributed by atoms with van der Waals surface area (Å²) in [6.07, 6.45) is 10.3. The minimum atomic E-state index is -0.339. The van der Waals surface area contributed by atoms with Crippen molar-refractivity contribution < 1.29 is 24.4 Å². The second-order valence-corrected chi connectivity index (χ2v) is 20.4. The Bertz CT molecular complexity index is 4490. The van der Waals surface area contributed by atoms with Gasteiger partial charge in [-0.2, -0.15) is 37.5 Å². The minimum absolute atomic E-state index is 0.168. The Morgan fingerprint density at radius 2 is 0.890 bits per heavy atom. The minimum Gasteiger partial charge on any atom is -0.464 e. The monoisotopic (exact) mass is 1200 g/mol. The van der Waals surface area contributed by atoms with E-state index in [9.17, 15) is 19.2 Å². The van der Waals surface area contributed by atoms with E-state index in [2.05, 4.69) is 71.2 Å². The van der Waals surface area contributed by atoms with Gasteiger partial charge in [-0.05, 0) is 85.7 Å². The standard InChI is InChI=1S/C13H14N6O2S.C12H14N6O2S.C11H12N6O2S.C10H10N6O2S/c1-17-13(20)19(16-15-17)10-4-6-18(9-2-3-9)11(10)8-21-12-14-5-7-22-12;1-3-17-6-4-9(18-12(19)16(2)14-15-18)10(17)8-20-11-13-5-7-21-11;1-15-5-3-8(17-11(18)16(2)13-14-17)9(15)7-19-10-12-4-6-20-10;1-15-10(17)16(14-13-15)8-2-3-11-7(8)6-18-9-12-4-5-19-9/h4-7,9H,2-3,8H2,1H3;4-7H,3,8H2,1-2H3;3-6H,7H2,1-2H3;2-5,11H,6H2,1H3/i2*5T;2*4T. The number of hydrogen-bond donors (Lipinski definition) is 1. The molecule has 0 atom stereocenters. The van der Waals surface area contributed by atoms with Crippen molar-refractivity contribution in [2.24, 2.45) is 35.2 Å². The van der Waals surface area contributed by atoms with Gasteiger partial charge in [0.2, 0.25) is 0 Å². The lowest BCUT2D eigenvalue weighted by molar-refractivity contribution is 0.292. The molecule has 1 fully saturated rings. The average molecular weight is 1200 g/mol. The summed E-state index contributed by atoms with van der Waals surface area (Å²) in [5.41, 5.74) is 4.28. The molecule has 426 valence electrons. The predicted octanol–water partition coefficient (Wildman–Crippen LogP) is 2.63. The van der Waals surface area contributed by atoms with E-state index in [1.54, 1.807) is 60.0 Å². The number of aryl methyl sites for hydroxylation is 6. The highest BCUT2D eigenvalue weighted by Gasteiger charge is 2.28. The van der Waals surface area contributed by atoms with Crippen LogP contribution in [0.15, 0.2) is 114 Å². The molecular formula is C46H50N24O8S4. The number of H-pyrrole nitrogens is 1. The zero-order chi connectivity index (χ0) is 60.8. The number of tetrazole rings is 4. The number of rotatable bonds is 18. The van der Waals surface area contributed by atoms with Crippen LogP contribution < -0.4 is 41.7 Å². The van der Waals surface area contributed by atoms with Gasteiger partial charge in [0.1, 0.15) is 26.4 Å². The lowest BCUT2D eigenvalue weighted by Gasteiger charge is -2.10. The van der Waals surface area contributed by atoms with Crippen molar-refractivity contribution in [3.63, 3.8) is 0 Å². The van der Waals surface area contributed by atoms with E-state index in [-0.39, 0.29) is 73.9 Å². The van der Waals surface area contributed by atoms with E-state index in [1.807, 2.05) is 47.8 Å². The van der Waals surface area contributed by atoms with Gasteiger partial charge in [-0.25, -0.2) is 39.1 Å². The Morgan fingerprint density at radius 1 is 0.500 bits per heavy atom. The molecule has 12 aromatic heterocycles. The molecule has 0 radical (unpaired) electrons. The molecule has 82 heavy (non-hydrogen) atoms. The number of nitrogens with one attached hydrogen (secondary N) is 1. The van der Waals surface area contributed by atoms with E-state index in [0.29, 0.717) is 55.3 Å². The van der Waals surface area contributed by atoms with Gasteiger partial charge in [-0.15, -0.1) is 0 Å². The van der Waals surface area contributed by atoms with Crippen molar-refractivity contribution in [3.05, 3.63) is 160 Å². The third-order valence-corrected chi connectivity index (χ3v) is 14.5. The third-order valence-electron chi connectivity index (χ3n) is 11.9. The first kappa shape index (κ1) is 50.5. The largest absolute Gasteiger partial charge is 0.464 e. The summed E-state index contributed by atoms with van der Waals surface area (Å²) in [4.78, 5) is 66.6. The van der Waals surface area contributed by atoms with Crippen molar-refractivity contribution in [2.75, 3.05) is 0 Å². The van der Waals surface area contributed by atoms with Gasteiger partial charge in [0.15, 0.2) is 0 Å². The molecule has 32 nitrogen and oxygen atoms in total. The van der Waals surface area contributed by atoms with Crippen molar-refractivity contribution in [1.29, 1.82) is 0 Å². The van der Waals surface area contributed by atoms with Crippen LogP contribution >= 0.6 is 45.3 Å². The van der Waals surface area contributed by atoms with E-state index in [4.69, 9.17) is 24.4 Å². The zero-order valence-corrected chi connectivity index (χ0v) is 47.4. The molecule has 0 aromatic carbocycles. The average Bonchev–Trinajstić information content (AvgIpc) is 2.13. The molecule has 0 amide bonds. The second kappa shape index (κ2) is 25.2. The smallest absolute Gasteiger partial charge is 0.368 e. The molecule has 1 N–H and O–H groups in total. The number of nitrogens with zero attached hydrogens (tertiary/aromatic N) is 23. The van der Waals surface area contributed by atoms with Crippen LogP contribution in [0.25, 0.3) is 22.7 Å². The van der Waals surface area contributed by atoms with Gasteiger partial charge >= 0.3 is 22.8 Å². The second-order valence-electron chi connectivity index (χ2n) is 17.1. The van der Waals surface area contributed by atoms with Gasteiger partial charge < -0.3 is 37.6 Å². The lowest BCUT2D eigenvalue weighted by Crippen LogP contribution is -2.23. The molecule has 12 aromatic rings. The third kappa shape index (κ3) is 12.5. The van der Waals surface area contributed by atoms with Gasteiger partial charge in [0.05, 0.1) is 51.0 Å². The van der Waals surface area contributed by atoms with E-state index >= 15 is 0 Å². The predicted molar refractivity (Wildman–Crippen MR) is 295 cm³/mol. The van der Waals surface area contributed by atoms with Crippen molar-refractivity contribution in [1.82, 2.24) is 118 Å². The quantitative estimate of drug-likeness (QED) is 0.129. The Kier molecular flexibility index (Phi) is 15.5. The first-order valence-corrected chi connectivity index (χ1v) is 27.8. The number of ether oxygens (including phenoxy) is 4. The van der Waals surface area contributed by atoms with Crippen LogP contribution in [0, 0.1) is 0 Å². The van der Waals surface area contributed by atoms with Crippen molar-refractivity contribution >= 4 is 45.3 Å². The molecule has 0 aliphatic heterocycles. The number of aromatic amines is 1. The molecule has 0 saturated heterocycles. The molecule has 0 unspecified atom stereocenters. The number of hydrogen-bond acceptors (Lipinski definition) is 24. The molecule has 1 aliphatic carbocycles. The van der Waals surface area contributed by atoms with Gasteiger partial charge in [-0.3, -0.25) is 0 Å². The lowest BCUT2D eigenvalue weighted by atomic mass is 10.3. The van der Waals surface area contributed by atoms with Crippen molar-refractivity contribution in [3.8, 4) is 43.5 Å². The molecule has 13 rings (SSSR count). The number of aromatic nitrogens is 24. The van der Waals surface area contributed by atoms with Gasteiger partial charge in [-0.1, -0.05) is 45.3 Å². The summed E-state index contributed by atoms with van der Waals surface area (Å²) in [6, 6.07) is 7.58. The molecular weight excluding hydrogens is 1140 g/mol. The fourth-order valence-electron chi connectivity index (χ4n) is 7.65. The fourth-order valence-corrected chi connectivity index (χ4v) is 9.40. The van der Waals surface area contributed by atoms with Gasteiger partial charge in [0, 0.05) is 119 Å². The first-order valence-electron chi connectivity index (χ1n) is 26.3. The maximum Gasteiger partial charge on any atom is 0.368 e. The number of thiazole rings is 4. The highest BCUT2D eigenvalue weighted by Crippen LogP contribution is 2.38. The fraction of sp³-hybridized carbons (Fsp3) is 0.304. The summed E-state index contributed by atoms with van der Waals surface area (Å²) < 4.78 is 67.4. The summed E-state index contributed by atoms with van der Waals surface area (Å²) >= 11 is 5.04. The molecule has 0 spiro atoms. The van der Waals surface area contributed by atoms with E-state index < -0.39 is 0 Å². The van der Waals surface area contributed by atoms with E-state index in [0.717, 1.165) is 45.8 Å². The molecule has 0 bridgehead atoms. The van der Waals surface area contributed by atoms with Gasteiger partial charge in [0.25, 0.3) is 20.8 Å².